The maximum atomic E-state index is 12.3. The number of carbonyl (C=O) groups is 2. The Balaban J connectivity index is 3.35. The molecule has 0 rings (SSSR count). The Morgan fingerprint density at radius 2 is 0.544 bits per heavy atom. The molecule has 0 aromatic carbocycles. The lowest BCUT2D eigenvalue weighted by molar-refractivity contribution is -0.161. The molecule has 1 N–H and O–H groups in total. The lowest BCUT2D eigenvalue weighted by Crippen LogP contribution is -2.28. The van der Waals surface area contributed by atoms with Crippen LogP contribution in [0.4, 0.5) is 0 Å². The molecule has 0 aliphatic rings. The van der Waals surface area contributed by atoms with Crippen LogP contribution in [-0.2, 0) is 19.1 Å². The highest BCUT2D eigenvalue weighted by atomic mass is 16.6. The molecule has 0 aliphatic heterocycles. The standard InChI is InChI=1S/C63H122O5/c1-3-5-7-9-11-13-15-17-19-21-23-24-25-26-27-28-29-30-31-32-33-34-35-36-37-38-39-40-42-43-45-47-49-51-53-55-57-62(65)67-60-61(59-64)68-63(66)58-56-54-52-50-48-46-44-41-22-20-18-16-14-12-10-8-6-4-2/h20,22,61,64H,3-19,21,23-60H2,1-2H3/b22-20-. The van der Waals surface area contributed by atoms with E-state index < -0.39 is 6.10 Å². The quantitative estimate of drug-likeness (QED) is 0.0374. The Morgan fingerprint density at radius 3 is 0.794 bits per heavy atom. The van der Waals surface area contributed by atoms with Crippen LogP contribution in [-0.4, -0.2) is 36.4 Å². The van der Waals surface area contributed by atoms with Gasteiger partial charge in [-0.3, -0.25) is 9.59 Å². The molecule has 0 saturated heterocycles. The van der Waals surface area contributed by atoms with E-state index in [2.05, 4.69) is 26.0 Å². The monoisotopic (exact) mass is 959 g/mol. The molecule has 0 heterocycles. The first-order valence-corrected chi connectivity index (χ1v) is 31.2. The van der Waals surface area contributed by atoms with E-state index in [0.717, 1.165) is 32.1 Å². The van der Waals surface area contributed by atoms with Crippen LogP contribution in [0.15, 0.2) is 12.2 Å². The van der Waals surface area contributed by atoms with Crippen LogP contribution in [0.2, 0.25) is 0 Å². The second-order valence-electron chi connectivity index (χ2n) is 21.5. The number of aliphatic hydroxyl groups excluding tert-OH is 1. The average molecular weight is 960 g/mol. The Hall–Kier alpha value is -1.36. The van der Waals surface area contributed by atoms with E-state index >= 15 is 0 Å². The van der Waals surface area contributed by atoms with Gasteiger partial charge in [-0.05, 0) is 38.5 Å². The van der Waals surface area contributed by atoms with E-state index in [9.17, 15) is 14.7 Å². The molecular weight excluding hydrogens is 837 g/mol. The van der Waals surface area contributed by atoms with E-state index in [0.29, 0.717) is 12.8 Å². The fourth-order valence-corrected chi connectivity index (χ4v) is 9.85. The van der Waals surface area contributed by atoms with Crippen molar-refractivity contribution in [2.45, 2.75) is 367 Å². The van der Waals surface area contributed by atoms with Gasteiger partial charge in [0.1, 0.15) is 6.61 Å². The highest BCUT2D eigenvalue weighted by molar-refractivity contribution is 5.70. The van der Waals surface area contributed by atoms with Gasteiger partial charge in [-0.15, -0.1) is 0 Å². The molecule has 68 heavy (non-hydrogen) atoms. The highest BCUT2D eigenvalue weighted by Gasteiger charge is 2.16. The zero-order valence-corrected chi connectivity index (χ0v) is 46.4. The number of unbranched alkanes of at least 4 members (excludes halogenated alkanes) is 49. The van der Waals surface area contributed by atoms with Crippen molar-refractivity contribution in [1.82, 2.24) is 0 Å². The summed E-state index contributed by atoms with van der Waals surface area (Å²) < 4.78 is 10.7. The van der Waals surface area contributed by atoms with Crippen LogP contribution in [0.1, 0.15) is 361 Å². The minimum atomic E-state index is -0.770. The van der Waals surface area contributed by atoms with Crippen molar-refractivity contribution in [3.63, 3.8) is 0 Å². The Bertz CT molecular complexity index is 994. The van der Waals surface area contributed by atoms with E-state index in [4.69, 9.17) is 9.47 Å². The number of aliphatic hydroxyl groups is 1. The van der Waals surface area contributed by atoms with Crippen LogP contribution in [0.5, 0.6) is 0 Å². The molecule has 5 heteroatoms. The number of rotatable bonds is 59. The van der Waals surface area contributed by atoms with Crippen molar-refractivity contribution in [3.8, 4) is 0 Å². The zero-order valence-electron chi connectivity index (χ0n) is 46.4. The summed E-state index contributed by atoms with van der Waals surface area (Å²) in [4.78, 5) is 24.5. The first kappa shape index (κ1) is 66.6. The van der Waals surface area contributed by atoms with Crippen LogP contribution in [0.25, 0.3) is 0 Å². The van der Waals surface area contributed by atoms with Gasteiger partial charge in [-0.2, -0.15) is 0 Å². The molecular formula is C63H122O5. The molecule has 0 bridgehead atoms. The van der Waals surface area contributed by atoms with Crippen molar-refractivity contribution < 1.29 is 24.2 Å². The number of ether oxygens (including phenoxy) is 2. The number of allylic oxidation sites excluding steroid dienone is 2. The number of carbonyl (C=O) groups excluding carboxylic acids is 2. The van der Waals surface area contributed by atoms with Gasteiger partial charge in [-0.25, -0.2) is 0 Å². The maximum absolute atomic E-state index is 12.3. The van der Waals surface area contributed by atoms with E-state index in [1.807, 2.05) is 0 Å². The Labute approximate surface area is 426 Å². The Kier molecular flexibility index (Phi) is 58.7. The zero-order chi connectivity index (χ0) is 49.2. The molecule has 0 saturated carbocycles. The fraction of sp³-hybridized carbons (Fsp3) is 0.937. The smallest absolute Gasteiger partial charge is 0.306 e. The molecule has 5 nitrogen and oxygen atoms in total. The molecule has 0 aliphatic carbocycles. The minimum Gasteiger partial charge on any atom is -0.462 e. The summed E-state index contributed by atoms with van der Waals surface area (Å²) >= 11 is 0. The van der Waals surface area contributed by atoms with Gasteiger partial charge in [0.05, 0.1) is 6.61 Å². The van der Waals surface area contributed by atoms with Crippen LogP contribution < -0.4 is 0 Å². The van der Waals surface area contributed by atoms with Gasteiger partial charge in [-0.1, -0.05) is 321 Å². The van der Waals surface area contributed by atoms with Gasteiger partial charge < -0.3 is 14.6 Å². The van der Waals surface area contributed by atoms with Gasteiger partial charge in [0, 0.05) is 12.8 Å². The largest absolute Gasteiger partial charge is 0.462 e. The van der Waals surface area contributed by atoms with Crippen LogP contribution in [0, 0.1) is 0 Å². The van der Waals surface area contributed by atoms with E-state index in [1.54, 1.807) is 0 Å². The second-order valence-corrected chi connectivity index (χ2v) is 21.5. The molecule has 404 valence electrons. The normalized spacial score (nSPS) is 12.1. The van der Waals surface area contributed by atoms with Crippen LogP contribution in [0.3, 0.4) is 0 Å². The molecule has 1 unspecified atom stereocenters. The molecule has 0 radical (unpaired) electrons. The topological polar surface area (TPSA) is 72.8 Å². The number of esters is 2. The predicted molar refractivity (Wildman–Crippen MR) is 298 cm³/mol. The molecule has 0 aromatic heterocycles. The van der Waals surface area contributed by atoms with E-state index in [1.165, 1.54) is 302 Å². The van der Waals surface area contributed by atoms with Crippen LogP contribution >= 0.6 is 0 Å². The van der Waals surface area contributed by atoms with Gasteiger partial charge in [0.15, 0.2) is 6.10 Å². The molecule has 0 fully saturated rings. The summed E-state index contributed by atoms with van der Waals surface area (Å²) in [5.41, 5.74) is 0. The van der Waals surface area contributed by atoms with Gasteiger partial charge in [0.25, 0.3) is 0 Å². The first-order valence-electron chi connectivity index (χ1n) is 31.2. The summed E-state index contributed by atoms with van der Waals surface area (Å²) in [5, 5.41) is 9.65. The van der Waals surface area contributed by atoms with Crippen molar-refractivity contribution in [2.75, 3.05) is 13.2 Å². The maximum Gasteiger partial charge on any atom is 0.306 e. The molecule has 1 atom stereocenters. The number of hydrogen-bond acceptors (Lipinski definition) is 5. The summed E-state index contributed by atoms with van der Waals surface area (Å²) in [5.74, 6) is -0.574. The predicted octanol–water partition coefficient (Wildman–Crippen LogP) is 21.1. The number of hydrogen-bond donors (Lipinski definition) is 1. The SMILES string of the molecule is CCCCCCCCC/C=C\CCCCCCCCCC(=O)OC(CO)COC(=O)CCCCCCCCCCCCCCCCCCCCCCCCCCCCCCCCCCCCCC. The van der Waals surface area contributed by atoms with Gasteiger partial charge in [0.2, 0.25) is 0 Å². The van der Waals surface area contributed by atoms with Crippen molar-refractivity contribution in [1.29, 1.82) is 0 Å². The van der Waals surface area contributed by atoms with Crippen molar-refractivity contribution in [3.05, 3.63) is 12.2 Å². The first-order chi connectivity index (χ1) is 33.6. The lowest BCUT2D eigenvalue weighted by Gasteiger charge is -2.15. The molecule has 0 aromatic rings. The second kappa shape index (κ2) is 59.9. The van der Waals surface area contributed by atoms with Crippen molar-refractivity contribution in [2.24, 2.45) is 0 Å². The third-order valence-electron chi connectivity index (χ3n) is 14.6. The average Bonchev–Trinajstić information content (AvgIpc) is 3.34. The summed E-state index contributed by atoms with van der Waals surface area (Å²) in [6.07, 6.45) is 75.2. The lowest BCUT2D eigenvalue weighted by atomic mass is 10.0. The Morgan fingerprint density at radius 1 is 0.324 bits per heavy atom. The third-order valence-corrected chi connectivity index (χ3v) is 14.6. The molecule has 0 spiro atoms. The van der Waals surface area contributed by atoms with Crippen molar-refractivity contribution >= 4 is 11.9 Å². The summed E-state index contributed by atoms with van der Waals surface area (Å²) in [6.45, 7) is 4.19. The summed E-state index contributed by atoms with van der Waals surface area (Å²) in [7, 11) is 0. The summed E-state index contributed by atoms with van der Waals surface area (Å²) in [6, 6.07) is 0. The third kappa shape index (κ3) is 57.2. The highest BCUT2D eigenvalue weighted by Crippen LogP contribution is 2.19. The molecule has 0 amide bonds. The fourth-order valence-electron chi connectivity index (χ4n) is 9.85. The van der Waals surface area contributed by atoms with E-state index in [-0.39, 0.29) is 25.2 Å². The minimum absolute atomic E-state index is 0.0604. The van der Waals surface area contributed by atoms with Gasteiger partial charge >= 0.3 is 11.9 Å².